The summed E-state index contributed by atoms with van der Waals surface area (Å²) in [6.45, 7) is 3.78. The lowest BCUT2D eigenvalue weighted by Gasteiger charge is -2.10. The summed E-state index contributed by atoms with van der Waals surface area (Å²) in [7, 11) is 1.69. The van der Waals surface area contributed by atoms with Crippen molar-refractivity contribution in [1.29, 1.82) is 0 Å². The zero-order valence-electron chi connectivity index (χ0n) is 12.2. The number of rotatable bonds is 6. The predicted molar refractivity (Wildman–Crippen MR) is 94.2 cm³/mol. The maximum atomic E-state index is 5.22. The van der Waals surface area contributed by atoms with E-state index in [1.54, 1.807) is 7.11 Å². The van der Waals surface area contributed by atoms with Gasteiger partial charge in [0, 0.05) is 19.1 Å². The zero-order valence-corrected chi connectivity index (χ0v) is 14.5. The summed E-state index contributed by atoms with van der Waals surface area (Å²) >= 11 is 0. The number of nitrogens with one attached hydrogen (secondary N) is 2. The minimum atomic E-state index is 0. The molecule has 2 rings (SSSR count). The third kappa shape index (κ3) is 5.98. The smallest absolute Gasteiger partial charge is 0.191 e. The number of ether oxygens (including phenoxy) is 1. The standard InChI is InChI=1S/C15H23N3O.HI/c1-3-16-15(18-13-7-8-13)17-10-9-12-5-4-6-14(11-12)19-2;/h4-6,11,13H,3,7-10H2,1-2H3,(H2,16,17,18);1H. The van der Waals surface area contributed by atoms with Gasteiger partial charge in [-0.2, -0.15) is 0 Å². The molecule has 2 N–H and O–H groups in total. The Balaban J connectivity index is 0.00000200. The second-order valence-electron chi connectivity index (χ2n) is 4.78. The van der Waals surface area contributed by atoms with Gasteiger partial charge in [-0.1, -0.05) is 12.1 Å². The van der Waals surface area contributed by atoms with Crippen molar-refractivity contribution < 1.29 is 4.74 Å². The first-order valence-corrected chi connectivity index (χ1v) is 6.99. The molecule has 0 aliphatic heterocycles. The van der Waals surface area contributed by atoms with Crippen molar-refractivity contribution in [2.45, 2.75) is 32.2 Å². The van der Waals surface area contributed by atoms with E-state index in [-0.39, 0.29) is 24.0 Å². The third-order valence-corrected chi connectivity index (χ3v) is 3.07. The van der Waals surface area contributed by atoms with E-state index >= 15 is 0 Å². The van der Waals surface area contributed by atoms with E-state index in [2.05, 4.69) is 34.7 Å². The van der Waals surface area contributed by atoms with Gasteiger partial charge in [-0.25, -0.2) is 0 Å². The van der Waals surface area contributed by atoms with Gasteiger partial charge in [-0.15, -0.1) is 24.0 Å². The van der Waals surface area contributed by atoms with Crippen molar-refractivity contribution in [2.24, 2.45) is 4.99 Å². The molecule has 112 valence electrons. The van der Waals surface area contributed by atoms with Crippen molar-refractivity contribution >= 4 is 29.9 Å². The molecular formula is C15H24IN3O. The average Bonchev–Trinajstić information content (AvgIpc) is 3.23. The van der Waals surface area contributed by atoms with Crippen molar-refractivity contribution in [1.82, 2.24) is 10.6 Å². The van der Waals surface area contributed by atoms with E-state index < -0.39 is 0 Å². The SMILES string of the molecule is CCNC(=NCCc1cccc(OC)c1)NC1CC1.I. The van der Waals surface area contributed by atoms with E-state index in [9.17, 15) is 0 Å². The lowest BCUT2D eigenvalue weighted by Crippen LogP contribution is -2.38. The summed E-state index contributed by atoms with van der Waals surface area (Å²) in [6, 6.07) is 8.79. The fourth-order valence-electron chi connectivity index (χ4n) is 1.87. The van der Waals surface area contributed by atoms with Crippen LogP contribution in [0.4, 0.5) is 0 Å². The Morgan fingerprint density at radius 1 is 1.40 bits per heavy atom. The monoisotopic (exact) mass is 389 g/mol. The minimum Gasteiger partial charge on any atom is -0.497 e. The number of nitrogens with zero attached hydrogens (tertiary/aromatic N) is 1. The molecule has 4 nitrogen and oxygen atoms in total. The number of aliphatic imine (C=N–C) groups is 1. The van der Waals surface area contributed by atoms with Gasteiger partial charge in [-0.05, 0) is 43.9 Å². The predicted octanol–water partition coefficient (Wildman–Crippen LogP) is 2.57. The summed E-state index contributed by atoms with van der Waals surface area (Å²) in [4.78, 5) is 4.60. The quantitative estimate of drug-likeness (QED) is 0.447. The van der Waals surface area contributed by atoms with Crippen LogP contribution in [0.25, 0.3) is 0 Å². The normalized spacial score (nSPS) is 14.4. The average molecular weight is 389 g/mol. The van der Waals surface area contributed by atoms with Crippen LogP contribution in [0.1, 0.15) is 25.3 Å². The van der Waals surface area contributed by atoms with Crippen LogP contribution in [0.3, 0.4) is 0 Å². The van der Waals surface area contributed by atoms with E-state index in [0.29, 0.717) is 6.04 Å². The van der Waals surface area contributed by atoms with Crippen LogP contribution in [0.15, 0.2) is 29.3 Å². The Bertz CT molecular complexity index is 433. The molecule has 1 aromatic carbocycles. The van der Waals surface area contributed by atoms with Gasteiger partial charge < -0.3 is 15.4 Å². The summed E-state index contributed by atoms with van der Waals surface area (Å²) in [6.07, 6.45) is 3.46. The highest BCUT2D eigenvalue weighted by molar-refractivity contribution is 14.0. The van der Waals surface area contributed by atoms with Crippen LogP contribution in [-0.2, 0) is 6.42 Å². The molecule has 0 amide bonds. The molecule has 0 radical (unpaired) electrons. The van der Waals surface area contributed by atoms with Crippen LogP contribution in [-0.4, -0.2) is 32.2 Å². The van der Waals surface area contributed by atoms with Gasteiger partial charge in [0.2, 0.25) is 0 Å². The first-order valence-electron chi connectivity index (χ1n) is 6.99. The zero-order chi connectivity index (χ0) is 13.5. The third-order valence-electron chi connectivity index (χ3n) is 3.07. The van der Waals surface area contributed by atoms with Crippen LogP contribution < -0.4 is 15.4 Å². The highest BCUT2D eigenvalue weighted by atomic mass is 127. The fraction of sp³-hybridized carbons (Fsp3) is 0.533. The van der Waals surface area contributed by atoms with Gasteiger partial charge in [0.05, 0.1) is 7.11 Å². The number of hydrogen-bond donors (Lipinski definition) is 2. The molecule has 0 saturated heterocycles. The Labute approximate surface area is 138 Å². The number of benzene rings is 1. The molecule has 20 heavy (non-hydrogen) atoms. The molecule has 1 saturated carbocycles. The summed E-state index contributed by atoms with van der Waals surface area (Å²) in [5.74, 6) is 1.84. The van der Waals surface area contributed by atoms with Crippen molar-refractivity contribution in [2.75, 3.05) is 20.2 Å². The van der Waals surface area contributed by atoms with Gasteiger partial charge in [-0.3, -0.25) is 4.99 Å². The minimum absolute atomic E-state index is 0. The van der Waals surface area contributed by atoms with E-state index in [4.69, 9.17) is 4.74 Å². The molecule has 0 spiro atoms. The Morgan fingerprint density at radius 3 is 2.85 bits per heavy atom. The topological polar surface area (TPSA) is 45.7 Å². The molecule has 1 fully saturated rings. The Morgan fingerprint density at radius 2 is 2.20 bits per heavy atom. The van der Waals surface area contributed by atoms with Gasteiger partial charge in [0.25, 0.3) is 0 Å². The molecular weight excluding hydrogens is 365 g/mol. The number of halogens is 1. The summed E-state index contributed by atoms with van der Waals surface area (Å²) < 4.78 is 5.22. The first kappa shape index (κ1) is 17.1. The highest BCUT2D eigenvalue weighted by Crippen LogP contribution is 2.18. The molecule has 0 heterocycles. The molecule has 1 aliphatic rings. The lowest BCUT2D eigenvalue weighted by molar-refractivity contribution is 0.414. The molecule has 0 aromatic heterocycles. The Hall–Kier alpha value is -0.980. The molecule has 1 aromatic rings. The number of methoxy groups -OCH3 is 1. The molecule has 0 atom stereocenters. The maximum absolute atomic E-state index is 5.22. The van der Waals surface area contributed by atoms with E-state index in [1.165, 1.54) is 18.4 Å². The van der Waals surface area contributed by atoms with E-state index in [0.717, 1.165) is 31.2 Å². The molecule has 0 bridgehead atoms. The van der Waals surface area contributed by atoms with Crippen LogP contribution >= 0.6 is 24.0 Å². The summed E-state index contributed by atoms with van der Waals surface area (Å²) in [5.41, 5.74) is 1.25. The van der Waals surface area contributed by atoms with Crippen LogP contribution in [0, 0.1) is 0 Å². The van der Waals surface area contributed by atoms with Gasteiger partial charge in [0.1, 0.15) is 5.75 Å². The first-order chi connectivity index (χ1) is 9.31. The molecule has 0 unspecified atom stereocenters. The Kier molecular flexibility index (Phi) is 7.72. The van der Waals surface area contributed by atoms with Crippen molar-refractivity contribution in [3.05, 3.63) is 29.8 Å². The maximum Gasteiger partial charge on any atom is 0.191 e. The number of guanidine groups is 1. The van der Waals surface area contributed by atoms with Crippen molar-refractivity contribution in [3.63, 3.8) is 0 Å². The van der Waals surface area contributed by atoms with E-state index in [1.807, 2.05) is 12.1 Å². The second-order valence-corrected chi connectivity index (χ2v) is 4.78. The van der Waals surface area contributed by atoms with Crippen LogP contribution in [0.2, 0.25) is 0 Å². The highest BCUT2D eigenvalue weighted by Gasteiger charge is 2.21. The van der Waals surface area contributed by atoms with Crippen LogP contribution in [0.5, 0.6) is 5.75 Å². The van der Waals surface area contributed by atoms with Gasteiger partial charge in [0.15, 0.2) is 5.96 Å². The largest absolute Gasteiger partial charge is 0.497 e. The lowest BCUT2D eigenvalue weighted by atomic mass is 10.1. The summed E-state index contributed by atoms with van der Waals surface area (Å²) in [5, 5.41) is 6.69. The number of hydrogen-bond acceptors (Lipinski definition) is 2. The molecule has 5 heteroatoms. The second kappa shape index (κ2) is 9.05. The fourth-order valence-corrected chi connectivity index (χ4v) is 1.87. The van der Waals surface area contributed by atoms with Crippen molar-refractivity contribution in [3.8, 4) is 5.75 Å². The van der Waals surface area contributed by atoms with Gasteiger partial charge >= 0.3 is 0 Å². The molecule has 1 aliphatic carbocycles.